The molecule has 0 aliphatic carbocycles. The molecule has 4 nitrogen and oxygen atoms in total. The average Bonchev–Trinajstić information content (AvgIpc) is 2.97. The Labute approximate surface area is 127 Å². The number of amides is 1. The third-order valence-corrected chi connectivity index (χ3v) is 4.06. The van der Waals surface area contributed by atoms with Crippen LogP contribution in [0.25, 0.3) is 10.6 Å². The molecule has 0 atom stereocenters. The summed E-state index contributed by atoms with van der Waals surface area (Å²) in [6.07, 6.45) is 0. The predicted octanol–water partition coefficient (Wildman–Crippen LogP) is 3.44. The highest BCUT2D eigenvalue weighted by Gasteiger charge is 2.18. The zero-order chi connectivity index (χ0) is 15.4. The Bertz CT molecular complexity index is 638. The van der Waals surface area contributed by atoms with E-state index in [9.17, 15) is 9.18 Å². The summed E-state index contributed by atoms with van der Waals surface area (Å²) < 4.78 is 19.0. The van der Waals surface area contributed by atoms with Crippen LogP contribution in [0, 0.1) is 5.82 Å². The summed E-state index contributed by atoms with van der Waals surface area (Å²) >= 11 is 1.26. The van der Waals surface area contributed by atoms with Gasteiger partial charge in [0.15, 0.2) is 0 Å². The molecular weight excluding hydrogens is 291 g/mol. The molecule has 6 heteroatoms. The van der Waals surface area contributed by atoms with Crippen LogP contribution in [0.2, 0.25) is 0 Å². The number of rotatable bonds is 5. The fourth-order valence-corrected chi connectivity index (χ4v) is 2.79. The van der Waals surface area contributed by atoms with Crippen molar-refractivity contribution in [2.45, 2.75) is 13.8 Å². The van der Waals surface area contributed by atoms with E-state index in [0.717, 1.165) is 0 Å². The summed E-state index contributed by atoms with van der Waals surface area (Å²) in [5.41, 5.74) is 0.730. The third kappa shape index (κ3) is 3.21. The lowest BCUT2D eigenvalue weighted by Gasteiger charge is -2.16. The number of benzene rings is 1. The van der Waals surface area contributed by atoms with Crippen molar-refractivity contribution in [1.29, 1.82) is 0 Å². The molecule has 0 saturated carbocycles. The molecule has 0 spiro atoms. The Kier molecular flexibility index (Phi) is 4.90. The van der Waals surface area contributed by atoms with Crippen molar-refractivity contribution in [1.82, 2.24) is 9.88 Å². The van der Waals surface area contributed by atoms with Crippen LogP contribution in [0.15, 0.2) is 23.6 Å². The van der Waals surface area contributed by atoms with E-state index in [-0.39, 0.29) is 5.91 Å². The molecule has 1 aromatic heterocycles. The second-order valence-corrected chi connectivity index (χ2v) is 5.22. The topological polar surface area (TPSA) is 42.4 Å². The van der Waals surface area contributed by atoms with Gasteiger partial charge in [-0.15, -0.1) is 11.3 Å². The molecule has 0 bridgehead atoms. The molecule has 0 aliphatic rings. The fraction of sp³-hybridized carbons (Fsp3) is 0.333. The first kappa shape index (κ1) is 15.4. The Morgan fingerprint density at radius 2 is 2.10 bits per heavy atom. The molecule has 21 heavy (non-hydrogen) atoms. The number of methoxy groups -OCH3 is 1. The first-order chi connectivity index (χ1) is 10.1. The Hall–Kier alpha value is -1.95. The van der Waals surface area contributed by atoms with Crippen LogP contribution in [-0.2, 0) is 0 Å². The van der Waals surface area contributed by atoms with Crippen molar-refractivity contribution in [3.8, 4) is 16.3 Å². The first-order valence-corrected chi connectivity index (χ1v) is 7.57. The number of ether oxygens (including phenoxy) is 1. The zero-order valence-electron chi connectivity index (χ0n) is 12.2. The number of halogens is 1. The molecular formula is C15H17FN2O2S. The molecule has 0 unspecified atom stereocenters. The number of hydrogen-bond donors (Lipinski definition) is 0. The molecule has 1 heterocycles. The third-order valence-electron chi connectivity index (χ3n) is 3.18. The van der Waals surface area contributed by atoms with Crippen molar-refractivity contribution in [2.75, 3.05) is 20.2 Å². The van der Waals surface area contributed by atoms with Crippen LogP contribution in [0.1, 0.15) is 24.3 Å². The molecule has 0 saturated heterocycles. The maximum absolute atomic E-state index is 14.0. The molecule has 0 fully saturated rings. The maximum Gasteiger partial charge on any atom is 0.273 e. The van der Waals surface area contributed by atoms with Gasteiger partial charge in [0, 0.05) is 30.1 Å². The minimum absolute atomic E-state index is 0.128. The van der Waals surface area contributed by atoms with E-state index in [0.29, 0.717) is 35.1 Å². The smallest absolute Gasteiger partial charge is 0.273 e. The molecule has 2 rings (SSSR count). The molecule has 1 amide bonds. The summed E-state index contributed by atoms with van der Waals surface area (Å²) in [6.45, 7) is 5.08. The lowest BCUT2D eigenvalue weighted by Crippen LogP contribution is -2.30. The van der Waals surface area contributed by atoms with Gasteiger partial charge in [0.2, 0.25) is 0 Å². The summed E-state index contributed by atoms with van der Waals surface area (Å²) in [4.78, 5) is 18.1. The lowest BCUT2D eigenvalue weighted by atomic mass is 10.2. The van der Waals surface area contributed by atoms with Gasteiger partial charge in [-0.1, -0.05) is 0 Å². The summed E-state index contributed by atoms with van der Waals surface area (Å²) in [6, 6.07) is 4.59. The van der Waals surface area contributed by atoms with E-state index in [2.05, 4.69) is 4.98 Å². The van der Waals surface area contributed by atoms with Crippen molar-refractivity contribution >= 4 is 17.2 Å². The zero-order valence-corrected chi connectivity index (χ0v) is 13.0. The van der Waals surface area contributed by atoms with Gasteiger partial charge < -0.3 is 9.64 Å². The number of aromatic nitrogens is 1. The SMILES string of the molecule is CCN(CC)C(=O)c1csc(-c2ccc(OC)cc2F)n1. The minimum atomic E-state index is -0.412. The number of thiazole rings is 1. The van der Waals surface area contributed by atoms with Gasteiger partial charge in [-0.2, -0.15) is 0 Å². The number of carbonyl (C=O) groups excluding carboxylic acids is 1. The van der Waals surface area contributed by atoms with Crippen LogP contribution in [0.4, 0.5) is 4.39 Å². The summed E-state index contributed by atoms with van der Waals surface area (Å²) in [5.74, 6) is -0.0887. The molecule has 1 aromatic carbocycles. The van der Waals surface area contributed by atoms with Crippen LogP contribution in [0.5, 0.6) is 5.75 Å². The quantitative estimate of drug-likeness (QED) is 0.849. The van der Waals surface area contributed by atoms with Gasteiger partial charge in [-0.25, -0.2) is 9.37 Å². The second-order valence-electron chi connectivity index (χ2n) is 4.36. The number of hydrogen-bond acceptors (Lipinski definition) is 4. The monoisotopic (exact) mass is 308 g/mol. The highest BCUT2D eigenvalue weighted by Crippen LogP contribution is 2.29. The Morgan fingerprint density at radius 3 is 2.67 bits per heavy atom. The molecule has 112 valence electrons. The average molecular weight is 308 g/mol. The van der Waals surface area contributed by atoms with Gasteiger partial charge in [-0.05, 0) is 26.0 Å². The predicted molar refractivity (Wildman–Crippen MR) is 81.3 cm³/mol. The van der Waals surface area contributed by atoms with E-state index in [1.54, 1.807) is 22.4 Å². The highest BCUT2D eigenvalue weighted by molar-refractivity contribution is 7.13. The largest absolute Gasteiger partial charge is 0.497 e. The van der Waals surface area contributed by atoms with Gasteiger partial charge in [0.1, 0.15) is 22.3 Å². The van der Waals surface area contributed by atoms with Crippen molar-refractivity contribution in [3.63, 3.8) is 0 Å². The number of nitrogens with zero attached hydrogens (tertiary/aromatic N) is 2. The van der Waals surface area contributed by atoms with Crippen molar-refractivity contribution < 1.29 is 13.9 Å². The number of carbonyl (C=O) groups is 1. The molecule has 0 N–H and O–H groups in total. The molecule has 0 radical (unpaired) electrons. The van der Waals surface area contributed by atoms with Crippen LogP contribution < -0.4 is 4.74 Å². The standard InChI is InChI=1S/C15H17FN2O2S/c1-4-18(5-2)15(19)13-9-21-14(17-13)11-7-6-10(20-3)8-12(11)16/h6-9H,4-5H2,1-3H3. The van der Waals surface area contributed by atoms with Crippen molar-refractivity contribution in [2.24, 2.45) is 0 Å². The summed E-state index contributed by atoms with van der Waals surface area (Å²) in [7, 11) is 1.48. The van der Waals surface area contributed by atoms with Gasteiger partial charge in [0.05, 0.1) is 7.11 Å². The van der Waals surface area contributed by atoms with Crippen LogP contribution >= 0.6 is 11.3 Å². The maximum atomic E-state index is 14.0. The first-order valence-electron chi connectivity index (χ1n) is 6.69. The second kappa shape index (κ2) is 6.67. The van der Waals surface area contributed by atoms with Crippen molar-refractivity contribution in [3.05, 3.63) is 35.1 Å². The minimum Gasteiger partial charge on any atom is -0.497 e. The van der Waals surface area contributed by atoms with Gasteiger partial charge in [-0.3, -0.25) is 4.79 Å². The highest BCUT2D eigenvalue weighted by atomic mass is 32.1. The van der Waals surface area contributed by atoms with E-state index in [1.165, 1.54) is 24.5 Å². The van der Waals surface area contributed by atoms with E-state index >= 15 is 0 Å². The Balaban J connectivity index is 2.30. The lowest BCUT2D eigenvalue weighted by molar-refractivity contribution is 0.0768. The van der Waals surface area contributed by atoms with Crippen LogP contribution in [0.3, 0.4) is 0 Å². The fourth-order valence-electron chi connectivity index (χ4n) is 1.96. The molecule has 0 aliphatic heterocycles. The van der Waals surface area contributed by atoms with Crippen LogP contribution in [-0.4, -0.2) is 36.0 Å². The normalized spacial score (nSPS) is 10.5. The van der Waals surface area contributed by atoms with E-state index in [4.69, 9.17) is 4.74 Å². The summed E-state index contributed by atoms with van der Waals surface area (Å²) in [5, 5.41) is 2.16. The van der Waals surface area contributed by atoms with E-state index < -0.39 is 5.82 Å². The van der Waals surface area contributed by atoms with Gasteiger partial charge in [0.25, 0.3) is 5.91 Å². The van der Waals surface area contributed by atoms with Gasteiger partial charge >= 0.3 is 0 Å². The Morgan fingerprint density at radius 1 is 1.38 bits per heavy atom. The molecule has 2 aromatic rings. The van der Waals surface area contributed by atoms with E-state index in [1.807, 2.05) is 13.8 Å².